The van der Waals surface area contributed by atoms with E-state index in [1.807, 2.05) is 0 Å². The van der Waals surface area contributed by atoms with Gasteiger partial charge in [0, 0.05) is 37.8 Å². The van der Waals surface area contributed by atoms with Crippen LogP contribution in [0.5, 0.6) is 0 Å². The largest absolute Gasteiger partial charge is 0.302 e. The lowest BCUT2D eigenvalue weighted by Crippen LogP contribution is -2.48. The Balaban J connectivity index is 1.58. The number of likely N-dealkylation sites (N-methyl/N-ethyl adjacent to an activating group) is 3. The maximum atomic E-state index is 2.81. The molecule has 4 nitrogen and oxygen atoms in total. The summed E-state index contributed by atoms with van der Waals surface area (Å²) >= 11 is 0. The maximum Gasteiger partial charge on any atom is 0.0220 e. The molecular formula is C18H36N4. The Kier molecular flexibility index (Phi) is 5.77. The summed E-state index contributed by atoms with van der Waals surface area (Å²) in [6.07, 6.45) is 8.36. The molecule has 0 spiro atoms. The van der Waals surface area contributed by atoms with Crippen LogP contribution in [0.1, 0.15) is 38.5 Å². The first kappa shape index (κ1) is 16.7. The highest BCUT2D eigenvalue weighted by molar-refractivity contribution is 4.87. The average Bonchev–Trinajstić information content (AvgIpc) is 3.17. The van der Waals surface area contributed by atoms with Crippen molar-refractivity contribution < 1.29 is 0 Å². The third-order valence-corrected chi connectivity index (χ3v) is 6.42. The molecule has 3 heterocycles. The summed E-state index contributed by atoms with van der Waals surface area (Å²) in [5.41, 5.74) is 0. The van der Waals surface area contributed by atoms with Gasteiger partial charge in [-0.1, -0.05) is 0 Å². The lowest BCUT2D eigenvalue weighted by Gasteiger charge is -2.35. The van der Waals surface area contributed by atoms with Crippen LogP contribution in [0.3, 0.4) is 0 Å². The van der Waals surface area contributed by atoms with Crippen molar-refractivity contribution in [3.05, 3.63) is 0 Å². The molecule has 0 aromatic heterocycles. The van der Waals surface area contributed by atoms with Crippen LogP contribution in [0.4, 0.5) is 0 Å². The second-order valence-corrected chi connectivity index (χ2v) is 8.05. The summed E-state index contributed by atoms with van der Waals surface area (Å²) in [4.78, 5) is 10.6. The fraction of sp³-hybridized carbons (Fsp3) is 1.00. The predicted molar refractivity (Wildman–Crippen MR) is 93.4 cm³/mol. The maximum absolute atomic E-state index is 2.81. The van der Waals surface area contributed by atoms with Crippen LogP contribution in [-0.4, -0.2) is 98.1 Å². The minimum Gasteiger partial charge on any atom is -0.302 e. The molecule has 0 unspecified atom stereocenters. The van der Waals surface area contributed by atoms with Crippen molar-refractivity contribution in [1.82, 2.24) is 19.6 Å². The van der Waals surface area contributed by atoms with E-state index in [0.717, 1.165) is 18.1 Å². The molecule has 0 N–H and O–H groups in total. The molecule has 0 radical (unpaired) electrons. The van der Waals surface area contributed by atoms with E-state index in [-0.39, 0.29) is 0 Å². The van der Waals surface area contributed by atoms with Crippen molar-refractivity contribution >= 4 is 0 Å². The van der Waals surface area contributed by atoms with Gasteiger partial charge in [0.05, 0.1) is 0 Å². The van der Waals surface area contributed by atoms with Crippen molar-refractivity contribution in [2.45, 2.75) is 56.7 Å². The molecule has 0 amide bonds. The lowest BCUT2D eigenvalue weighted by molar-refractivity contribution is 0.126. The molecular weight excluding hydrogens is 272 g/mol. The Morgan fingerprint density at radius 1 is 0.636 bits per heavy atom. The average molecular weight is 309 g/mol. The summed E-state index contributed by atoms with van der Waals surface area (Å²) in [5.74, 6) is 0. The first-order valence-corrected chi connectivity index (χ1v) is 9.46. The number of rotatable bonds is 6. The Bertz CT molecular complexity index is 296. The van der Waals surface area contributed by atoms with Gasteiger partial charge in [0.25, 0.3) is 0 Å². The molecule has 3 atom stereocenters. The van der Waals surface area contributed by atoms with Crippen molar-refractivity contribution in [3.8, 4) is 0 Å². The smallest absolute Gasteiger partial charge is 0.0220 e. The first-order valence-electron chi connectivity index (χ1n) is 9.46. The van der Waals surface area contributed by atoms with Gasteiger partial charge in [-0.2, -0.15) is 0 Å². The Hall–Kier alpha value is -0.160. The predicted octanol–water partition coefficient (Wildman–Crippen LogP) is 1.57. The molecule has 128 valence electrons. The fourth-order valence-corrected chi connectivity index (χ4v) is 4.75. The van der Waals surface area contributed by atoms with E-state index in [9.17, 15) is 0 Å². The number of nitrogens with zero attached hydrogens (tertiary/aromatic N) is 4. The molecule has 3 aliphatic heterocycles. The summed E-state index contributed by atoms with van der Waals surface area (Å²) < 4.78 is 0. The van der Waals surface area contributed by atoms with E-state index in [2.05, 4.69) is 40.7 Å². The molecule has 3 aliphatic rings. The van der Waals surface area contributed by atoms with Gasteiger partial charge in [-0.3, -0.25) is 4.90 Å². The zero-order valence-corrected chi connectivity index (χ0v) is 15.0. The molecule has 0 saturated carbocycles. The quantitative estimate of drug-likeness (QED) is 0.738. The molecule has 4 heteroatoms. The van der Waals surface area contributed by atoms with Crippen LogP contribution in [0.25, 0.3) is 0 Å². The lowest BCUT2D eigenvalue weighted by atomic mass is 10.1. The van der Waals surface area contributed by atoms with Crippen LogP contribution in [-0.2, 0) is 0 Å². The summed E-state index contributed by atoms with van der Waals surface area (Å²) in [6.45, 7) is 7.74. The Morgan fingerprint density at radius 3 is 1.18 bits per heavy atom. The summed E-state index contributed by atoms with van der Waals surface area (Å²) in [6, 6.07) is 2.37. The standard InChI is InChI=1S/C18H36N4/c1-19-10-4-7-16(19)13-22(14-17-8-5-11-20(17)2)15-18-9-6-12-21(18)3/h16-18H,4-15H2,1-3H3/t16-,17-,18-/m0/s1. The molecule has 3 saturated heterocycles. The van der Waals surface area contributed by atoms with Crippen molar-refractivity contribution in [3.63, 3.8) is 0 Å². The van der Waals surface area contributed by atoms with Gasteiger partial charge in [-0.15, -0.1) is 0 Å². The van der Waals surface area contributed by atoms with E-state index < -0.39 is 0 Å². The monoisotopic (exact) mass is 308 g/mol. The molecule has 3 rings (SSSR count). The first-order chi connectivity index (χ1) is 10.6. The zero-order chi connectivity index (χ0) is 15.5. The highest BCUT2D eigenvalue weighted by atomic mass is 15.3. The SMILES string of the molecule is CN1CCC[C@H]1CN(C[C@@H]1CCCN1C)C[C@@H]1CCCN1C. The van der Waals surface area contributed by atoms with Crippen LogP contribution in [0.15, 0.2) is 0 Å². The van der Waals surface area contributed by atoms with Crippen LogP contribution in [0.2, 0.25) is 0 Å². The highest BCUT2D eigenvalue weighted by Crippen LogP contribution is 2.22. The Labute approximate surface area is 137 Å². The van der Waals surface area contributed by atoms with E-state index >= 15 is 0 Å². The van der Waals surface area contributed by atoms with Gasteiger partial charge in [-0.05, 0) is 79.3 Å². The third kappa shape index (κ3) is 4.02. The second kappa shape index (κ2) is 7.61. The van der Waals surface area contributed by atoms with E-state index in [1.54, 1.807) is 0 Å². The number of likely N-dealkylation sites (tertiary alicyclic amines) is 3. The molecule has 0 aromatic rings. The normalized spacial score (nSPS) is 35.2. The van der Waals surface area contributed by atoms with Gasteiger partial charge in [0.1, 0.15) is 0 Å². The molecule has 3 fully saturated rings. The number of hydrogen-bond acceptors (Lipinski definition) is 4. The molecule has 0 aromatic carbocycles. The summed E-state index contributed by atoms with van der Waals surface area (Å²) in [5, 5.41) is 0. The molecule has 0 aliphatic carbocycles. The Morgan fingerprint density at radius 2 is 0.955 bits per heavy atom. The topological polar surface area (TPSA) is 13.0 Å². The van der Waals surface area contributed by atoms with E-state index in [1.165, 1.54) is 77.8 Å². The summed E-state index contributed by atoms with van der Waals surface area (Å²) in [7, 11) is 6.96. The van der Waals surface area contributed by atoms with Crippen LogP contribution in [0, 0.1) is 0 Å². The second-order valence-electron chi connectivity index (χ2n) is 8.05. The fourth-order valence-electron chi connectivity index (χ4n) is 4.75. The van der Waals surface area contributed by atoms with E-state index in [4.69, 9.17) is 0 Å². The van der Waals surface area contributed by atoms with Crippen molar-refractivity contribution in [1.29, 1.82) is 0 Å². The van der Waals surface area contributed by atoms with Gasteiger partial charge in [0.2, 0.25) is 0 Å². The van der Waals surface area contributed by atoms with Gasteiger partial charge in [-0.25, -0.2) is 0 Å². The van der Waals surface area contributed by atoms with Gasteiger partial charge < -0.3 is 14.7 Å². The van der Waals surface area contributed by atoms with E-state index in [0.29, 0.717) is 0 Å². The van der Waals surface area contributed by atoms with Gasteiger partial charge >= 0.3 is 0 Å². The van der Waals surface area contributed by atoms with Gasteiger partial charge in [0.15, 0.2) is 0 Å². The minimum atomic E-state index is 0.790. The highest BCUT2D eigenvalue weighted by Gasteiger charge is 2.30. The van der Waals surface area contributed by atoms with Crippen molar-refractivity contribution in [2.24, 2.45) is 0 Å². The molecule has 0 bridgehead atoms. The van der Waals surface area contributed by atoms with Crippen LogP contribution < -0.4 is 0 Å². The van der Waals surface area contributed by atoms with Crippen molar-refractivity contribution in [2.75, 3.05) is 60.4 Å². The molecule has 22 heavy (non-hydrogen) atoms. The zero-order valence-electron chi connectivity index (χ0n) is 15.0. The number of hydrogen-bond donors (Lipinski definition) is 0. The third-order valence-electron chi connectivity index (χ3n) is 6.42. The van der Waals surface area contributed by atoms with Crippen LogP contribution >= 0.6 is 0 Å². The minimum absolute atomic E-state index is 0.790.